The van der Waals surface area contributed by atoms with Gasteiger partial charge in [0.05, 0.1) is 6.10 Å². The highest BCUT2D eigenvalue weighted by atomic mass is 32.3. The molecule has 84 valence electrons. The molecule has 0 spiro atoms. The van der Waals surface area contributed by atoms with Crippen LogP contribution in [-0.4, -0.2) is 52.7 Å². The van der Waals surface area contributed by atoms with Crippen LogP contribution >= 0.6 is 0 Å². The SMILES string of the molecule is N=C(N)N1CC[C@@H](O)C1.O=S(=O)(O)O. The Bertz CT molecular complexity index is 282. The number of aliphatic hydroxyl groups is 1. The van der Waals surface area contributed by atoms with E-state index in [0.717, 1.165) is 13.0 Å². The fraction of sp³-hybridized carbons (Fsp3) is 0.800. The Hall–Kier alpha value is -0.900. The second-order valence-corrected chi connectivity index (χ2v) is 3.62. The van der Waals surface area contributed by atoms with E-state index in [4.69, 9.17) is 33.8 Å². The molecular weight excluding hydrogens is 214 g/mol. The van der Waals surface area contributed by atoms with Crippen molar-refractivity contribution in [3.8, 4) is 0 Å². The van der Waals surface area contributed by atoms with Gasteiger partial charge in [-0.25, -0.2) is 0 Å². The molecule has 0 aromatic rings. The van der Waals surface area contributed by atoms with Gasteiger partial charge in [0.15, 0.2) is 5.96 Å². The first kappa shape index (κ1) is 13.1. The number of β-amino-alcohol motifs (C(OH)–C–C–N with tert-alkyl or cyclic N) is 1. The van der Waals surface area contributed by atoms with Crippen molar-refractivity contribution >= 4 is 16.4 Å². The number of aliphatic hydroxyl groups excluding tert-OH is 1. The number of hydrogen-bond acceptors (Lipinski definition) is 4. The minimum Gasteiger partial charge on any atom is -0.391 e. The fourth-order valence-corrected chi connectivity index (χ4v) is 0.961. The van der Waals surface area contributed by atoms with Crippen molar-refractivity contribution in [3.63, 3.8) is 0 Å². The summed E-state index contributed by atoms with van der Waals surface area (Å²) >= 11 is 0. The smallest absolute Gasteiger partial charge is 0.391 e. The van der Waals surface area contributed by atoms with Gasteiger partial charge in [-0.1, -0.05) is 0 Å². The molecule has 9 heteroatoms. The molecule has 1 aliphatic rings. The maximum atomic E-state index is 8.95. The number of rotatable bonds is 0. The lowest BCUT2D eigenvalue weighted by Gasteiger charge is -2.13. The Labute approximate surface area is 81.4 Å². The van der Waals surface area contributed by atoms with Crippen LogP contribution in [0.1, 0.15) is 6.42 Å². The maximum absolute atomic E-state index is 8.95. The zero-order valence-corrected chi connectivity index (χ0v) is 8.11. The van der Waals surface area contributed by atoms with Gasteiger partial charge in [-0.05, 0) is 6.42 Å². The zero-order chi connectivity index (χ0) is 11.4. The fourth-order valence-electron chi connectivity index (χ4n) is 0.961. The Kier molecular flexibility index (Phi) is 4.77. The van der Waals surface area contributed by atoms with Crippen LogP contribution in [0.4, 0.5) is 0 Å². The summed E-state index contributed by atoms with van der Waals surface area (Å²) in [6, 6.07) is 0. The second-order valence-electron chi connectivity index (χ2n) is 2.72. The average Bonchev–Trinajstić information content (AvgIpc) is 2.31. The predicted molar refractivity (Wildman–Crippen MR) is 48.3 cm³/mol. The number of nitrogens with zero attached hydrogens (tertiary/aromatic N) is 1. The maximum Gasteiger partial charge on any atom is 0.394 e. The van der Waals surface area contributed by atoms with Crippen molar-refractivity contribution in [2.24, 2.45) is 5.73 Å². The summed E-state index contributed by atoms with van der Waals surface area (Å²) in [5, 5.41) is 15.9. The van der Waals surface area contributed by atoms with Gasteiger partial charge in [0, 0.05) is 13.1 Å². The lowest BCUT2D eigenvalue weighted by atomic mass is 10.3. The van der Waals surface area contributed by atoms with Crippen molar-refractivity contribution in [2.45, 2.75) is 12.5 Å². The molecular formula is C5H13N3O5S. The molecule has 1 fully saturated rings. The molecule has 1 heterocycles. The molecule has 0 bridgehead atoms. The third-order valence-electron chi connectivity index (χ3n) is 1.50. The molecule has 1 rings (SSSR count). The Morgan fingerprint density at radius 1 is 1.50 bits per heavy atom. The molecule has 1 saturated heterocycles. The standard InChI is InChI=1S/C5H11N3O.H2O4S/c6-5(7)8-2-1-4(9)3-8;1-5(2,3)4/h4,9H,1-3H2,(H3,6,7);(H2,1,2,3,4)/t4-;/m1./s1. The third kappa shape index (κ3) is 7.73. The number of likely N-dealkylation sites (tertiary alicyclic amines) is 1. The summed E-state index contributed by atoms with van der Waals surface area (Å²) in [6.45, 7) is 1.24. The van der Waals surface area contributed by atoms with Crippen LogP contribution in [0, 0.1) is 5.41 Å². The van der Waals surface area contributed by atoms with E-state index in [1.807, 2.05) is 0 Å². The minimum absolute atomic E-state index is 0.0616. The molecule has 0 aromatic heterocycles. The number of hydrogen-bond donors (Lipinski definition) is 5. The quantitative estimate of drug-likeness (QED) is 0.188. The van der Waals surface area contributed by atoms with E-state index >= 15 is 0 Å². The summed E-state index contributed by atoms with van der Waals surface area (Å²) in [5.74, 6) is 0.0616. The highest BCUT2D eigenvalue weighted by molar-refractivity contribution is 7.79. The first-order valence-electron chi connectivity index (χ1n) is 3.67. The van der Waals surface area contributed by atoms with E-state index in [1.54, 1.807) is 4.90 Å². The van der Waals surface area contributed by atoms with Crippen molar-refractivity contribution in [1.29, 1.82) is 5.41 Å². The van der Waals surface area contributed by atoms with Crippen LogP contribution in [0.25, 0.3) is 0 Å². The summed E-state index contributed by atoms with van der Waals surface area (Å²) in [6.07, 6.45) is 0.452. The van der Waals surface area contributed by atoms with Gasteiger partial charge in [-0.15, -0.1) is 0 Å². The molecule has 0 aromatic carbocycles. The van der Waals surface area contributed by atoms with Crippen LogP contribution in [0.3, 0.4) is 0 Å². The van der Waals surface area contributed by atoms with Crippen LogP contribution in [0.5, 0.6) is 0 Å². The lowest BCUT2D eigenvalue weighted by Crippen LogP contribution is -2.34. The summed E-state index contributed by atoms with van der Waals surface area (Å²) in [5.41, 5.74) is 5.16. The highest BCUT2D eigenvalue weighted by Gasteiger charge is 2.20. The highest BCUT2D eigenvalue weighted by Crippen LogP contribution is 2.06. The van der Waals surface area contributed by atoms with E-state index in [-0.39, 0.29) is 12.1 Å². The average molecular weight is 227 g/mol. The first-order chi connectivity index (χ1) is 6.20. The topological polar surface area (TPSA) is 148 Å². The number of nitrogens with one attached hydrogen (secondary N) is 1. The zero-order valence-electron chi connectivity index (χ0n) is 7.29. The van der Waals surface area contributed by atoms with E-state index in [0.29, 0.717) is 6.54 Å². The van der Waals surface area contributed by atoms with Gasteiger partial charge in [0.2, 0.25) is 0 Å². The van der Waals surface area contributed by atoms with Crippen molar-refractivity contribution in [3.05, 3.63) is 0 Å². The molecule has 0 unspecified atom stereocenters. The van der Waals surface area contributed by atoms with Crippen LogP contribution < -0.4 is 5.73 Å². The van der Waals surface area contributed by atoms with E-state index in [2.05, 4.69) is 0 Å². The molecule has 0 aliphatic carbocycles. The molecule has 8 nitrogen and oxygen atoms in total. The minimum atomic E-state index is -4.67. The third-order valence-corrected chi connectivity index (χ3v) is 1.50. The van der Waals surface area contributed by atoms with Crippen molar-refractivity contribution in [1.82, 2.24) is 4.90 Å². The predicted octanol–water partition coefficient (Wildman–Crippen LogP) is -1.71. The van der Waals surface area contributed by atoms with Gasteiger partial charge in [0.25, 0.3) is 0 Å². The Balaban J connectivity index is 0.000000292. The lowest BCUT2D eigenvalue weighted by molar-refractivity contribution is 0.188. The van der Waals surface area contributed by atoms with Crippen LogP contribution in [0.15, 0.2) is 0 Å². The van der Waals surface area contributed by atoms with Gasteiger partial charge in [0.1, 0.15) is 0 Å². The summed E-state index contributed by atoms with van der Waals surface area (Å²) in [4.78, 5) is 1.66. The molecule has 1 aliphatic heterocycles. The van der Waals surface area contributed by atoms with Gasteiger partial charge in [-0.3, -0.25) is 14.5 Å². The molecule has 6 N–H and O–H groups in total. The van der Waals surface area contributed by atoms with Gasteiger partial charge >= 0.3 is 10.4 Å². The number of guanidine groups is 1. The monoisotopic (exact) mass is 227 g/mol. The molecule has 0 saturated carbocycles. The molecule has 0 radical (unpaired) electrons. The summed E-state index contributed by atoms with van der Waals surface area (Å²) in [7, 11) is -4.67. The van der Waals surface area contributed by atoms with Crippen LogP contribution in [0.2, 0.25) is 0 Å². The summed E-state index contributed by atoms with van der Waals surface area (Å²) < 4.78 is 31.6. The van der Waals surface area contributed by atoms with Crippen molar-refractivity contribution in [2.75, 3.05) is 13.1 Å². The van der Waals surface area contributed by atoms with Gasteiger partial charge < -0.3 is 15.7 Å². The van der Waals surface area contributed by atoms with Crippen molar-refractivity contribution < 1.29 is 22.6 Å². The van der Waals surface area contributed by atoms with E-state index < -0.39 is 10.4 Å². The van der Waals surface area contributed by atoms with Crippen LogP contribution in [-0.2, 0) is 10.4 Å². The van der Waals surface area contributed by atoms with E-state index in [1.165, 1.54) is 0 Å². The largest absolute Gasteiger partial charge is 0.394 e. The van der Waals surface area contributed by atoms with Gasteiger partial charge in [-0.2, -0.15) is 8.42 Å². The first-order valence-corrected chi connectivity index (χ1v) is 5.06. The Morgan fingerprint density at radius 2 is 1.93 bits per heavy atom. The molecule has 14 heavy (non-hydrogen) atoms. The Morgan fingerprint density at radius 3 is 2.07 bits per heavy atom. The number of nitrogens with two attached hydrogens (primary N) is 1. The van der Waals surface area contributed by atoms with E-state index in [9.17, 15) is 0 Å². The second kappa shape index (κ2) is 5.10. The molecule has 1 atom stereocenters. The molecule has 0 amide bonds. The normalized spacial score (nSPS) is 21.4.